The Hall–Kier alpha value is -0.950. The summed E-state index contributed by atoms with van der Waals surface area (Å²) >= 11 is 0. The van der Waals surface area contributed by atoms with Gasteiger partial charge in [-0.05, 0) is 50.5 Å². The molecular formula is C22H34O6. The first-order valence-corrected chi connectivity index (χ1v) is 10.6. The molecule has 2 N–H and O–H groups in total. The molecule has 0 unspecified atom stereocenters. The summed E-state index contributed by atoms with van der Waals surface area (Å²) in [4.78, 5) is 12.0. The number of hydrogen-bond donors (Lipinski definition) is 2. The van der Waals surface area contributed by atoms with Crippen molar-refractivity contribution in [1.29, 1.82) is 0 Å². The normalized spacial score (nSPS) is 52.9. The van der Waals surface area contributed by atoms with Crippen LogP contribution in [0.25, 0.3) is 0 Å². The van der Waals surface area contributed by atoms with Crippen LogP contribution in [0, 0.1) is 23.7 Å². The highest BCUT2D eigenvalue weighted by atomic mass is 16.6. The first kappa shape index (κ1) is 20.3. The van der Waals surface area contributed by atoms with Crippen LogP contribution in [0.4, 0.5) is 0 Å². The van der Waals surface area contributed by atoms with E-state index < -0.39 is 23.4 Å². The molecule has 0 radical (unpaired) electrons. The Bertz CT molecular complexity index is 676. The van der Waals surface area contributed by atoms with Gasteiger partial charge in [0, 0.05) is 18.8 Å². The van der Waals surface area contributed by atoms with Crippen LogP contribution >= 0.6 is 0 Å². The summed E-state index contributed by atoms with van der Waals surface area (Å²) < 4.78 is 18.5. The molecule has 10 atom stereocenters. The van der Waals surface area contributed by atoms with Crippen LogP contribution in [-0.2, 0) is 19.0 Å². The van der Waals surface area contributed by atoms with Gasteiger partial charge in [-0.3, -0.25) is 4.79 Å². The molecule has 4 rings (SSSR count). The molecule has 3 heterocycles. The summed E-state index contributed by atoms with van der Waals surface area (Å²) in [7, 11) is 0. The van der Waals surface area contributed by atoms with Crippen LogP contribution < -0.4 is 0 Å². The average Bonchev–Trinajstić information content (AvgIpc) is 3.13. The van der Waals surface area contributed by atoms with E-state index in [-0.39, 0.29) is 48.0 Å². The first-order valence-electron chi connectivity index (χ1n) is 10.6. The van der Waals surface area contributed by atoms with Crippen LogP contribution in [0.2, 0.25) is 0 Å². The molecule has 3 aliphatic heterocycles. The monoisotopic (exact) mass is 394 g/mol. The van der Waals surface area contributed by atoms with E-state index in [0.717, 1.165) is 5.57 Å². The maximum Gasteiger partial charge on any atom is 0.303 e. The lowest BCUT2D eigenvalue weighted by molar-refractivity contribution is -0.181. The van der Waals surface area contributed by atoms with E-state index in [1.54, 1.807) is 0 Å². The van der Waals surface area contributed by atoms with E-state index in [1.165, 1.54) is 6.92 Å². The quantitative estimate of drug-likeness (QED) is 0.424. The largest absolute Gasteiger partial charge is 0.457 e. The summed E-state index contributed by atoms with van der Waals surface area (Å²) in [6.07, 6.45) is -0.409. The van der Waals surface area contributed by atoms with E-state index in [0.29, 0.717) is 19.3 Å². The Morgan fingerprint density at radius 1 is 1.29 bits per heavy atom. The van der Waals surface area contributed by atoms with Gasteiger partial charge in [-0.2, -0.15) is 0 Å². The minimum absolute atomic E-state index is 0.00641. The van der Waals surface area contributed by atoms with E-state index in [4.69, 9.17) is 14.2 Å². The predicted octanol–water partition coefficient (Wildman–Crippen LogP) is 2.21. The number of ether oxygens (including phenoxy) is 3. The maximum atomic E-state index is 12.0. The highest BCUT2D eigenvalue weighted by molar-refractivity contribution is 5.66. The number of carbonyl (C=O) groups is 1. The van der Waals surface area contributed by atoms with Crippen molar-refractivity contribution >= 4 is 5.97 Å². The van der Waals surface area contributed by atoms with Crippen LogP contribution in [0.3, 0.4) is 0 Å². The molecule has 6 nitrogen and oxygen atoms in total. The van der Waals surface area contributed by atoms with Crippen molar-refractivity contribution in [1.82, 2.24) is 0 Å². The third-order valence-electron chi connectivity index (χ3n) is 7.78. The van der Waals surface area contributed by atoms with Crippen molar-refractivity contribution < 1.29 is 29.2 Å². The predicted molar refractivity (Wildman–Crippen MR) is 102 cm³/mol. The zero-order valence-corrected chi connectivity index (χ0v) is 17.6. The van der Waals surface area contributed by atoms with Crippen molar-refractivity contribution in [3.8, 4) is 0 Å². The van der Waals surface area contributed by atoms with Crippen LogP contribution in [0.1, 0.15) is 53.9 Å². The number of hydrogen-bond acceptors (Lipinski definition) is 6. The lowest BCUT2D eigenvalue weighted by Crippen LogP contribution is -2.57. The Morgan fingerprint density at radius 2 is 1.96 bits per heavy atom. The SMILES string of the molecule is C=C1C[C@H]2O[C@H]([C@@H]3[C@@H](C(C)C)[C@H](O)[C@H]4O[C@@]4(C)[C@@H]32)[C@@](C)(OC(C)=O)CC[C@@H]1O. The third kappa shape index (κ3) is 2.87. The van der Waals surface area contributed by atoms with Gasteiger partial charge < -0.3 is 24.4 Å². The fraction of sp³-hybridized carbons (Fsp3) is 0.864. The molecular weight excluding hydrogens is 360 g/mol. The lowest BCUT2D eigenvalue weighted by atomic mass is 9.58. The van der Waals surface area contributed by atoms with Crippen LogP contribution in [0.15, 0.2) is 12.2 Å². The molecule has 1 saturated carbocycles. The third-order valence-corrected chi connectivity index (χ3v) is 7.78. The number of carbonyl (C=O) groups excluding carboxylic acids is 1. The molecule has 0 aromatic carbocycles. The van der Waals surface area contributed by atoms with Gasteiger partial charge in [0.25, 0.3) is 0 Å². The number of esters is 1. The van der Waals surface area contributed by atoms with Crippen LogP contribution in [-0.4, -0.2) is 57.9 Å². The molecule has 0 aromatic rings. The summed E-state index contributed by atoms with van der Waals surface area (Å²) in [6.45, 7) is 13.7. The van der Waals surface area contributed by atoms with E-state index in [2.05, 4.69) is 27.4 Å². The second-order valence-electron chi connectivity index (χ2n) is 10.1. The second kappa shape index (κ2) is 6.53. The number of aliphatic hydroxyl groups is 2. The van der Waals surface area contributed by atoms with E-state index in [1.807, 2.05) is 6.92 Å². The maximum absolute atomic E-state index is 12.0. The van der Waals surface area contributed by atoms with Gasteiger partial charge in [-0.25, -0.2) is 0 Å². The number of epoxide rings is 1. The molecule has 158 valence electrons. The van der Waals surface area contributed by atoms with Crippen molar-refractivity contribution in [2.75, 3.05) is 0 Å². The summed E-state index contributed by atoms with van der Waals surface area (Å²) in [5, 5.41) is 21.6. The van der Waals surface area contributed by atoms with Crippen molar-refractivity contribution in [2.24, 2.45) is 23.7 Å². The van der Waals surface area contributed by atoms with Crippen molar-refractivity contribution in [3.63, 3.8) is 0 Å². The molecule has 4 fully saturated rings. The number of fused-ring (bicyclic) bond motifs is 7. The van der Waals surface area contributed by atoms with Crippen molar-refractivity contribution in [2.45, 2.75) is 95.6 Å². The molecule has 1 aliphatic carbocycles. The number of rotatable bonds is 2. The highest BCUT2D eigenvalue weighted by Crippen LogP contribution is 2.64. The lowest BCUT2D eigenvalue weighted by Gasteiger charge is -2.46. The molecule has 0 aromatic heterocycles. The molecule has 0 amide bonds. The number of aliphatic hydroxyl groups excluding tert-OH is 2. The Kier molecular flexibility index (Phi) is 4.74. The molecule has 3 saturated heterocycles. The van der Waals surface area contributed by atoms with Gasteiger partial charge >= 0.3 is 5.97 Å². The van der Waals surface area contributed by atoms with E-state index in [9.17, 15) is 15.0 Å². The molecule has 2 bridgehead atoms. The highest BCUT2D eigenvalue weighted by Gasteiger charge is 2.75. The fourth-order valence-electron chi connectivity index (χ4n) is 6.50. The Morgan fingerprint density at radius 3 is 2.57 bits per heavy atom. The van der Waals surface area contributed by atoms with Gasteiger partial charge in [-0.15, -0.1) is 0 Å². The van der Waals surface area contributed by atoms with Gasteiger partial charge in [0.15, 0.2) is 0 Å². The minimum atomic E-state index is -0.875. The second-order valence-corrected chi connectivity index (χ2v) is 10.1. The first-order chi connectivity index (χ1) is 13.0. The van der Waals surface area contributed by atoms with Gasteiger partial charge in [0.1, 0.15) is 23.4 Å². The topological polar surface area (TPSA) is 88.5 Å². The average molecular weight is 395 g/mol. The molecule has 28 heavy (non-hydrogen) atoms. The zero-order valence-electron chi connectivity index (χ0n) is 17.6. The van der Waals surface area contributed by atoms with Gasteiger partial charge in [0.2, 0.25) is 0 Å². The van der Waals surface area contributed by atoms with Gasteiger partial charge in [-0.1, -0.05) is 20.4 Å². The summed E-state index contributed by atoms with van der Waals surface area (Å²) in [5.41, 5.74) is -0.569. The fourth-order valence-corrected chi connectivity index (χ4v) is 6.50. The molecule has 6 heteroatoms. The Balaban J connectivity index is 1.81. The standard InChI is InChI=1S/C22H34O6/c1-10(2)15-16-17(22(6)20(28-22)18(15)25)14-9-11(3)13(24)7-8-21(5,19(16)26-14)27-12(4)23/h10,13-20,24-25H,3,7-9H2,1-2,4-6H3/t13-,14+,15+,16+,17+,18-,19+,20+,21-,22-/m0/s1. The smallest absolute Gasteiger partial charge is 0.303 e. The van der Waals surface area contributed by atoms with E-state index >= 15 is 0 Å². The van der Waals surface area contributed by atoms with Gasteiger partial charge in [0.05, 0.1) is 18.3 Å². The minimum Gasteiger partial charge on any atom is -0.457 e. The molecule has 0 spiro atoms. The molecule has 4 aliphatic rings. The van der Waals surface area contributed by atoms with Crippen molar-refractivity contribution in [3.05, 3.63) is 12.2 Å². The summed E-state index contributed by atoms with van der Waals surface area (Å²) in [5.74, 6) is -0.0539. The zero-order chi connectivity index (χ0) is 20.6. The Labute approximate surface area is 167 Å². The summed E-state index contributed by atoms with van der Waals surface area (Å²) in [6, 6.07) is 0. The van der Waals surface area contributed by atoms with Crippen LogP contribution in [0.5, 0.6) is 0 Å².